The van der Waals surface area contributed by atoms with Gasteiger partial charge in [0, 0.05) is 36.5 Å². The number of pyridine rings is 2. The van der Waals surface area contributed by atoms with Gasteiger partial charge in [-0.25, -0.2) is 9.67 Å². The van der Waals surface area contributed by atoms with Crippen LogP contribution in [-0.2, 0) is 27.5 Å². The smallest absolute Gasteiger partial charge is 0.264 e. The molecule has 0 radical (unpaired) electrons. The standard InChI is InChI=1S/C21H19N7O3S/c1-32(29,30)31-15-16-4-5-21-23-18(12-27(21)11-16)13-28-14-20(24-25-28)17-8-19(10-22-9-17)26-6-2-3-7-26/h2-12,14H,13,15H2,1H3. The van der Waals surface area contributed by atoms with Crippen molar-refractivity contribution in [1.82, 2.24) is 33.9 Å². The summed E-state index contributed by atoms with van der Waals surface area (Å²) in [4.78, 5) is 8.90. The number of fused-ring (bicyclic) bond motifs is 1. The molecule has 0 N–H and O–H groups in total. The lowest BCUT2D eigenvalue weighted by molar-refractivity contribution is 0.311. The molecular formula is C21H19N7O3S. The topological polar surface area (TPSA) is 109 Å². The molecule has 162 valence electrons. The Bertz CT molecular complexity index is 1490. The van der Waals surface area contributed by atoms with E-state index < -0.39 is 10.1 Å². The van der Waals surface area contributed by atoms with E-state index in [2.05, 4.69) is 20.3 Å². The van der Waals surface area contributed by atoms with E-state index >= 15 is 0 Å². The van der Waals surface area contributed by atoms with Gasteiger partial charge in [0.2, 0.25) is 0 Å². The van der Waals surface area contributed by atoms with Crippen LogP contribution in [0.15, 0.2) is 73.7 Å². The Balaban J connectivity index is 1.34. The van der Waals surface area contributed by atoms with Gasteiger partial charge in [0.1, 0.15) is 11.3 Å². The lowest BCUT2D eigenvalue weighted by Crippen LogP contribution is -2.03. The van der Waals surface area contributed by atoms with Gasteiger partial charge in [0.25, 0.3) is 10.1 Å². The van der Waals surface area contributed by atoms with E-state index in [1.165, 1.54) is 0 Å². The highest BCUT2D eigenvalue weighted by molar-refractivity contribution is 7.85. The van der Waals surface area contributed by atoms with E-state index in [9.17, 15) is 8.42 Å². The van der Waals surface area contributed by atoms with E-state index in [4.69, 9.17) is 4.18 Å². The van der Waals surface area contributed by atoms with Gasteiger partial charge in [-0.2, -0.15) is 8.42 Å². The van der Waals surface area contributed by atoms with Gasteiger partial charge in [-0.1, -0.05) is 11.3 Å². The maximum absolute atomic E-state index is 11.2. The van der Waals surface area contributed by atoms with Crippen LogP contribution in [0.2, 0.25) is 0 Å². The molecule has 0 aliphatic carbocycles. The number of aromatic nitrogens is 7. The van der Waals surface area contributed by atoms with Crippen molar-refractivity contribution >= 4 is 15.8 Å². The predicted octanol–water partition coefficient (Wildman–Crippen LogP) is 2.30. The van der Waals surface area contributed by atoms with Gasteiger partial charge in [-0.15, -0.1) is 5.10 Å². The van der Waals surface area contributed by atoms with Gasteiger partial charge >= 0.3 is 0 Å². The first-order valence-electron chi connectivity index (χ1n) is 9.73. The summed E-state index contributed by atoms with van der Waals surface area (Å²) in [6, 6.07) is 9.52. The van der Waals surface area contributed by atoms with Gasteiger partial charge in [0.05, 0.1) is 43.2 Å². The Kier molecular flexibility index (Phi) is 5.04. The fraction of sp³-hybridized carbons (Fsp3) is 0.143. The minimum atomic E-state index is -3.50. The number of hydrogen-bond donors (Lipinski definition) is 0. The lowest BCUT2D eigenvalue weighted by Gasteiger charge is -2.03. The molecule has 0 aliphatic heterocycles. The fourth-order valence-corrected chi connectivity index (χ4v) is 3.67. The highest BCUT2D eigenvalue weighted by atomic mass is 32.2. The van der Waals surface area contributed by atoms with Gasteiger partial charge in [-0.05, 0) is 29.8 Å². The monoisotopic (exact) mass is 449 g/mol. The molecule has 5 aromatic heterocycles. The summed E-state index contributed by atoms with van der Waals surface area (Å²) in [5.74, 6) is 0. The Morgan fingerprint density at radius 2 is 1.91 bits per heavy atom. The van der Waals surface area contributed by atoms with E-state index in [-0.39, 0.29) is 6.61 Å². The van der Waals surface area contributed by atoms with Crippen molar-refractivity contribution < 1.29 is 12.6 Å². The molecule has 0 atom stereocenters. The van der Waals surface area contributed by atoms with Crippen molar-refractivity contribution in [1.29, 1.82) is 0 Å². The fourth-order valence-electron chi connectivity index (χ4n) is 3.32. The zero-order valence-electron chi connectivity index (χ0n) is 17.1. The third-order valence-electron chi connectivity index (χ3n) is 4.79. The summed E-state index contributed by atoms with van der Waals surface area (Å²) in [7, 11) is -3.50. The molecule has 0 aromatic carbocycles. The SMILES string of the molecule is CS(=O)(=O)OCc1ccc2nc(Cn3cc(-c4cncc(-n5cccc5)c4)nn3)cn2c1. The minimum absolute atomic E-state index is 0.0230. The maximum atomic E-state index is 11.2. The summed E-state index contributed by atoms with van der Waals surface area (Å²) in [6.45, 7) is 0.416. The molecule has 0 bridgehead atoms. The summed E-state index contributed by atoms with van der Waals surface area (Å²) >= 11 is 0. The number of hydrogen-bond acceptors (Lipinski definition) is 7. The Morgan fingerprint density at radius 1 is 1.06 bits per heavy atom. The molecule has 32 heavy (non-hydrogen) atoms. The second kappa shape index (κ2) is 8.02. The second-order valence-corrected chi connectivity index (χ2v) is 8.97. The molecule has 0 spiro atoms. The Morgan fingerprint density at radius 3 is 2.72 bits per heavy atom. The molecule has 11 heteroatoms. The third-order valence-corrected chi connectivity index (χ3v) is 5.33. The van der Waals surface area contributed by atoms with Crippen LogP contribution in [0.3, 0.4) is 0 Å². The van der Waals surface area contributed by atoms with Crippen LogP contribution in [0.25, 0.3) is 22.6 Å². The predicted molar refractivity (Wildman–Crippen MR) is 117 cm³/mol. The van der Waals surface area contributed by atoms with E-state index in [0.29, 0.717) is 6.54 Å². The molecular weight excluding hydrogens is 430 g/mol. The summed E-state index contributed by atoms with van der Waals surface area (Å²) in [5.41, 5.74) is 4.79. The van der Waals surface area contributed by atoms with Gasteiger partial charge in [-0.3, -0.25) is 9.17 Å². The molecule has 0 unspecified atom stereocenters. The minimum Gasteiger partial charge on any atom is -0.322 e. The van der Waals surface area contributed by atoms with Gasteiger partial charge < -0.3 is 8.97 Å². The normalized spacial score (nSPS) is 11.9. The van der Waals surface area contributed by atoms with Crippen molar-refractivity contribution in [3.63, 3.8) is 0 Å². The molecule has 0 aliphatic rings. The number of rotatable bonds is 7. The first-order valence-corrected chi connectivity index (χ1v) is 11.5. The van der Waals surface area contributed by atoms with Crippen LogP contribution in [-0.4, -0.2) is 48.6 Å². The number of imidazole rings is 1. The molecule has 5 aromatic rings. The lowest BCUT2D eigenvalue weighted by atomic mass is 10.2. The molecule has 0 fully saturated rings. The van der Waals surface area contributed by atoms with Crippen LogP contribution < -0.4 is 0 Å². The average molecular weight is 449 g/mol. The Labute approximate surface area is 183 Å². The second-order valence-electron chi connectivity index (χ2n) is 7.32. The summed E-state index contributed by atoms with van der Waals surface area (Å²) in [5, 5.41) is 8.50. The summed E-state index contributed by atoms with van der Waals surface area (Å²) in [6.07, 6.45) is 14.0. The average Bonchev–Trinajstić information content (AvgIpc) is 3.52. The largest absolute Gasteiger partial charge is 0.322 e. The van der Waals surface area contributed by atoms with Crippen molar-refractivity contribution in [3.05, 3.63) is 85.0 Å². The quantitative estimate of drug-likeness (QED) is 0.351. The van der Waals surface area contributed by atoms with Crippen LogP contribution in [0.5, 0.6) is 0 Å². The van der Waals surface area contributed by atoms with E-state index in [1.807, 2.05) is 58.0 Å². The van der Waals surface area contributed by atoms with Crippen LogP contribution >= 0.6 is 0 Å². The molecule has 5 rings (SSSR count). The van der Waals surface area contributed by atoms with Crippen molar-refractivity contribution in [2.75, 3.05) is 6.26 Å². The first kappa shape index (κ1) is 20.1. The van der Waals surface area contributed by atoms with Crippen molar-refractivity contribution in [2.24, 2.45) is 0 Å². The summed E-state index contributed by atoms with van der Waals surface area (Å²) < 4.78 is 32.8. The van der Waals surface area contributed by atoms with E-state index in [1.54, 1.807) is 29.3 Å². The van der Waals surface area contributed by atoms with E-state index in [0.717, 1.165) is 40.1 Å². The zero-order chi connectivity index (χ0) is 22.1. The first-order chi connectivity index (χ1) is 15.4. The van der Waals surface area contributed by atoms with Crippen molar-refractivity contribution in [3.8, 4) is 16.9 Å². The van der Waals surface area contributed by atoms with Gasteiger partial charge in [0.15, 0.2) is 0 Å². The highest BCUT2D eigenvalue weighted by Gasteiger charge is 2.10. The Hall–Kier alpha value is -3.83. The van der Waals surface area contributed by atoms with Crippen molar-refractivity contribution in [2.45, 2.75) is 13.2 Å². The third kappa shape index (κ3) is 4.43. The van der Waals surface area contributed by atoms with Crippen LogP contribution in [0, 0.1) is 0 Å². The van der Waals surface area contributed by atoms with Crippen LogP contribution in [0.4, 0.5) is 0 Å². The molecule has 0 amide bonds. The molecule has 5 heterocycles. The number of nitrogens with zero attached hydrogens (tertiary/aromatic N) is 7. The zero-order valence-corrected chi connectivity index (χ0v) is 17.9. The molecule has 0 saturated heterocycles. The molecule has 10 nitrogen and oxygen atoms in total. The highest BCUT2D eigenvalue weighted by Crippen LogP contribution is 2.19. The van der Waals surface area contributed by atoms with Crippen LogP contribution in [0.1, 0.15) is 11.3 Å². The molecule has 0 saturated carbocycles. The maximum Gasteiger partial charge on any atom is 0.264 e.